The van der Waals surface area contributed by atoms with Crippen molar-refractivity contribution in [3.05, 3.63) is 181 Å². The average molecular weight is 659 g/mol. The summed E-state index contributed by atoms with van der Waals surface area (Å²) in [4.78, 5) is 29.0. The summed E-state index contributed by atoms with van der Waals surface area (Å²) in [5.74, 6) is 1.32. The SMILES string of the molecule is CC(C)(c1ccc(-c2nc(-c3ccccc3)cc(-c3ccccn3)n2)cc1)c1ccc(-c2nc(-c3ccccc3)cc(-c3ccccn3)n2)cc1. The van der Waals surface area contributed by atoms with Gasteiger partial charge in [0.25, 0.3) is 0 Å². The highest BCUT2D eigenvalue weighted by molar-refractivity contribution is 5.72. The van der Waals surface area contributed by atoms with Crippen LogP contribution in [0.4, 0.5) is 0 Å². The number of pyridine rings is 2. The van der Waals surface area contributed by atoms with Crippen LogP contribution in [0.2, 0.25) is 0 Å². The van der Waals surface area contributed by atoms with E-state index in [4.69, 9.17) is 19.9 Å². The van der Waals surface area contributed by atoms with Crippen molar-refractivity contribution in [3.63, 3.8) is 0 Å². The first kappa shape index (κ1) is 31.6. The first-order chi connectivity index (χ1) is 25.0. The first-order valence-electron chi connectivity index (χ1n) is 16.9. The maximum Gasteiger partial charge on any atom is 0.160 e. The molecule has 0 atom stereocenters. The van der Waals surface area contributed by atoms with E-state index >= 15 is 0 Å². The van der Waals surface area contributed by atoms with E-state index in [0.29, 0.717) is 11.6 Å². The topological polar surface area (TPSA) is 77.3 Å². The number of benzene rings is 4. The number of rotatable bonds is 8. The van der Waals surface area contributed by atoms with Crippen molar-refractivity contribution in [2.45, 2.75) is 19.3 Å². The summed E-state index contributed by atoms with van der Waals surface area (Å²) >= 11 is 0. The van der Waals surface area contributed by atoms with Crippen LogP contribution in [0, 0.1) is 0 Å². The fourth-order valence-corrected chi connectivity index (χ4v) is 6.20. The third-order valence-electron chi connectivity index (χ3n) is 9.18. The zero-order valence-electron chi connectivity index (χ0n) is 28.3. The second-order valence-electron chi connectivity index (χ2n) is 12.9. The van der Waals surface area contributed by atoms with E-state index in [2.05, 4.69) is 96.6 Å². The minimum absolute atomic E-state index is 0.269. The highest BCUT2D eigenvalue weighted by atomic mass is 14.9. The van der Waals surface area contributed by atoms with Gasteiger partial charge in [-0.1, -0.05) is 135 Å². The summed E-state index contributed by atoms with van der Waals surface area (Å²) in [6.07, 6.45) is 3.58. The zero-order chi connectivity index (χ0) is 34.6. The van der Waals surface area contributed by atoms with E-state index < -0.39 is 0 Å². The van der Waals surface area contributed by atoms with Crippen molar-refractivity contribution < 1.29 is 0 Å². The Morgan fingerprint density at radius 3 is 1.08 bits per heavy atom. The maximum atomic E-state index is 4.98. The lowest BCUT2D eigenvalue weighted by molar-refractivity contribution is 0.641. The van der Waals surface area contributed by atoms with Crippen molar-refractivity contribution in [2.75, 3.05) is 0 Å². The number of nitrogens with zero attached hydrogens (tertiary/aromatic N) is 6. The molecule has 0 aliphatic carbocycles. The van der Waals surface area contributed by atoms with Crippen LogP contribution in [0.25, 0.3) is 68.1 Å². The molecule has 8 aromatic rings. The normalized spacial score (nSPS) is 11.3. The number of aromatic nitrogens is 6. The van der Waals surface area contributed by atoms with Gasteiger partial charge in [0.15, 0.2) is 11.6 Å². The van der Waals surface area contributed by atoms with E-state index in [1.807, 2.05) is 84.9 Å². The van der Waals surface area contributed by atoms with Gasteiger partial charge in [-0.05, 0) is 47.5 Å². The van der Waals surface area contributed by atoms with Gasteiger partial charge in [-0.15, -0.1) is 0 Å². The minimum Gasteiger partial charge on any atom is -0.255 e. The van der Waals surface area contributed by atoms with Gasteiger partial charge in [0, 0.05) is 40.1 Å². The van der Waals surface area contributed by atoms with Crippen LogP contribution >= 0.6 is 0 Å². The molecule has 4 aromatic heterocycles. The summed E-state index contributed by atoms with van der Waals surface area (Å²) in [5, 5.41) is 0. The minimum atomic E-state index is -0.269. The fraction of sp³-hybridized carbons (Fsp3) is 0.0667. The molecule has 51 heavy (non-hydrogen) atoms. The molecule has 0 aliphatic rings. The van der Waals surface area contributed by atoms with Crippen LogP contribution in [0.3, 0.4) is 0 Å². The Bertz CT molecular complexity index is 2110. The van der Waals surface area contributed by atoms with Crippen LogP contribution in [0.5, 0.6) is 0 Å². The van der Waals surface area contributed by atoms with E-state index in [1.54, 1.807) is 12.4 Å². The Morgan fingerprint density at radius 2 is 0.706 bits per heavy atom. The Balaban J connectivity index is 1.10. The highest BCUT2D eigenvalue weighted by Crippen LogP contribution is 2.35. The van der Waals surface area contributed by atoms with E-state index in [-0.39, 0.29) is 5.41 Å². The number of hydrogen-bond donors (Lipinski definition) is 0. The van der Waals surface area contributed by atoms with Crippen molar-refractivity contribution in [1.29, 1.82) is 0 Å². The standard InChI is InChI=1S/C45H34N6/c1-45(2,35-23-19-33(20-24-35)43-48-39(31-13-5-3-6-14-31)29-41(50-43)37-17-9-11-27-46-37)36-25-21-34(22-26-36)44-49-40(32-15-7-4-8-16-32)30-42(51-44)38-18-10-12-28-47-38/h3-30H,1-2H3. The molecular formula is C45H34N6. The summed E-state index contributed by atoms with van der Waals surface area (Å²) in [7, 11) is 0. The molecule has 0 amide bonds. The monoisotopic (exact) mass is 658 g/mol. The smallest absolute Gasteiger partial charge is 0.160 e. The third kappa shape index (κ3) is 6.67. The molecular weight excluding hydrogens is 625 g/mol. The summed E-state index contributed by atoms with van der Waals surface area (Å²) < 4.78 is 0. The summed E-state index contributed by atoms with van der Waals surface area (Å²) in [6, 6.07) is 53.3. The van der Waals surface area contributed by atoms with Crippen LogP contribution in [-0.4, -0.2) is 29.9 Å². The third-order valence-corrected chi connectivity index (χ3v) is 9.18. The Labute approximate surface area is 297 Å². The van der Waals surface area contributed by atoms with E-state index in [9.17, 15) is 0 Å². The van der Waals surface area contributed by atoms with Gasteiger partial charge >= 0.3 is 0 Å². The van der Waals surface area contributed by atoms with Gasteiger partial charge < -0.3 is 0 Å². The summed E-state index contributed by atoms with van der Waals surface area (Å²) in [6.45, 7) is 4.49. The molecule has 0 aliphatic heterocycles. The molecule has 0 unspecified atom stereocenters. The maximum absolute atomic E-state index is 4.98. The molecule has 0 radical (unpaired) electrons. The Kier molecular flexibility index (Phi) is 8.48. The molecule has 0 spiro atoms. The lowest BCUT2D eigenvalue weighted by Gasteiger charge is -2.26. The molecule has 0 saturated heterocycles. The molecule has 0 bridgehead atoms. The van der Waals surface area contributed by atoms with Gasteiger partial charge in [0.1, 0.15) is 0 Å². The zero-order valence-corrected chi connectivity index (χ0v) is 28.3. The molecule has 0 N–H and O–H groups in total. The molecule has 4 aromatic carbocycles. The highest BCUT2D eigenvalue weighted by Gasteiger charge is 2.24. The van der Waals surface area contributed by atoms with E-state index in [0.717, 1.165) is 56.4 Å². The van der Waals surface area contributed by atoms with Crippen LogP contribution in [0.1, 0.15) is 25.0 Å². The van der Waals surface area contributed by atoms with Gasteiger partial charge in [-0.2, -0.15) is 0 Å². The largest absolute Gasteiger partial charge is 0.255 e. The molecule has 6 heteroatoms. The first-order valence-corrected chi connectivity index (χ1v) is 16.9. The van der Waals surface area contributed by atoms with Gasteiger partial charge in [-0.3, -0.25) is 9.97 Å². The quantitative estimate of drug-likeness (QED) is 0.162. The average Bonchev–Trinajstić information content (AvgIpc) is 3.22. The lowest BCUT2D eigenvalue weighted by Crippen LogP contribution is -2.18. The lowest BCUT2D eigenvalue weighted by atomic mass is 9.77. The molecule has 244 valence electrons. The van der Waals surface area contributed by atoms with Gasteiger partial charge in [-0.25, -0.2) is 19.9 Å². The van der Waals surface area contributed by atoms with Crippen LogP contribution < -0.4 is 0 Å². The Hall–Kier alpha value is -6.66. The summed E-state index contributed by atoms with van der Waals surface area (Å²) in [5.41, 5.74) is 11.0. The fourth-order valence-electron chi connectivity index (χ4n) is 6.20. The van der Waals surface area contributed by atoms with Crippen LogP contribution in [-0.2, 0) is 5.41 Å². The van der Waals surface area contributed by atoms with Gasteiger partial charge in [0.2, 0.25) is 0 Å². The molecule has 0 fully saturated rings. The number of hydrogen-bond acceptors (Lipinski definition) is 6. The molecule has 6 nitrogen and oxygen atoms in total. The van der Waals surface area contributed by atoms with Gasteiger partial charge in [0.05, 0.1) is 34.2 Å². The van der Waals surface area contributed by atoms with Crippen molar-refractivity contribution >= 4 is 0 Å². The van der Waals surface area contributed by atoms with Crippen molar-refractivity contribution in [3.8, 4) is 68.1 Å². The molecule has 8 rings (SSSR count). The van der Waals surface area contributed by atoms with Crippen LogP contribution in [0.15, 0.2) is 170 Å². The predicted molar refractivity (Wildman–Crippen MR) is 204 cm³/mol. The molecule has 0 saturated carbocycles. The second kappa shape index (κ2) is 13.7. The van der Waals surface area contributed by atoms with Crippen molar-refractivity contribution in [2.24, 2.45) is 0 Å². The van der Waals surface area contributed by atoms with E-state index in [1.165, 1.54) is 11.1 Å². The second-order valence-corrected chi connectivity index (χ2v) is 12.9. The Morgan fingerprint density at radius 1 is 0.333 bits per heavy atom. The van der Waals surface area contributed by atoms with Crippen molar-refractivity contribution in [1.82, 2.24) is 29.9 Å². The molecule has 4 heterocycles. The predicted octanol–water partition coefficient (Wildman–Crippen LogP) is 10.4.